The lowest BCUT2D eigenvalue weighted by molar-refractivity contribution is -0.973. The number of carboxylic acid groups (broad SMARTS) is 3. The molecule has 0 spiro atoms. The fourth-order valence-electron chi connectivity index (χ4n) is 5.03. The Morgan fingerprint density at radius 1 is 0.625 bits per heavy atom. The molecule has 32 heavy (non-hydrogen) atoms. The van der Waals surface area contributed by atoms with Crippen molar-refractivity contribution in [2.24, 2.45) is 0 Å². The smallest absolute Gasteiger partial charge is 0.362 e. The van der Waals surface area contributed by atoms with Gasteiger partial charge in [0.25, 0.3) is 0 Å². The highest BCUT2D eigenvalue weighted by Gasteiger charge is 2.55. The molecule has 0 fully saturated rings. The van der Waals surface area contributed by atoms with E-state index in [4.69, 9.17) is 0 Å². The molecule has 0 saturated heterocycles. The number of aliphatic carboxylic acids is 3. The van der Waals surface area contributed by atoms with Crippen molar-refractivity contribution in [3.05, 3.63) is 12.2 Å². The Hall–Kier alpha value is -1.89. The summed E-state index contributed by atoms with van der Waals surface area (Å²) in [5.74, 6) is -3.37. The minimum absolute atomic E-state index is 0.186. The molecule has 0 aromatic carbocycles. The summed E-state index contributed by atoms with van der Waals surface area (Å²) in [6, 6.07) is -3.20. The molecule has 0 aromatic rings. The van der Waals surface area contributed by atoms with Crippen LogP contribution in [-0.2, 0) is 14.4 Å². The maximum absolute atomic E-state index is 12.2. The molecule has 7 nitrogen and oxygen atoms in total. The molecule has 0 bridgehead atoms. The van der Waals surface area contributed by atoms with E-state index >= 15 is 0 Å². The van der Waals surface area contributed by atoms with Gasteiger partial charge in [0.05, 0.1) is 6.54 Å². The van der Waals surface area contributed by atoms with Gasteiger partial charge in [0, 0.05) is 19.3 Å². The second-order valence-corrected chi connectivity index (χ2v) is 8.68. The van der Waals surface area contributed by atoms with E-state index < -0.39 is 40.5 Å². The molecule has 0 heterocycles. The molecule has 7 heteroatoms. The summed E-state index contributed by atoms with van der Waals surface area (Å²) in [4.78, 5) is 36.5. The van der Waals surface area contributed by atoms with E-state index in [0.29, 0.717) is 6.42 Å². The van der Waals surface area contributed by atoms with Crippen LogP contribution in [0.1, 0.15) is 105 Å². The fraction of sp³-hybridized carbons (Fsp3) is 0.800. The van der Waals surface area contributed by atoms with Crippen LogP contribution in [0.25, 0.3) is 0 Å². The summed E-state index contributed by atoms with van der Waals surface area (Å²) in [5, 5.41) is 29.8. The van der Waals surface area contributed by atoms with Crippen LogP contribution in [-0.4, -0.2) is 62.4 Å². The molecule has 0 radical (unpaired) electrons. The number of carboxylic acids is 3. The van der Waals surface area contributed by atoms with Crippen molar-refractivity contribution in [1.82, 2.24) is 0 Å². The van der Waals surface area contributed by atoms with Crippen molar-refractivity contribution in [2.45, 2.75) is 123 Å². The molecule has 0 saturated carbocycles. The molecule has 186 valence electrons. The van der Waals surface area contributed by atoms with Crippen molar-refractivity contribution in [3.63, 3.8) is 0 Å². The monoisotopic (exact) mass is 456 g/mol. The molecule has 0 aromatic heterocycles. The summed E-state index contributed by atoms with van der Waals surface area (Å²) in [6.07, 6.45) is 14.2. The first kappa shape index (κ1) is 30.1. The maximum atomic E-state index is 12.2. The minimum Gasteiger partial charge on any atom is -0.477 e. The number of carbonyl (C=O) groups is 3. The first-order chi connectivity index (χ1) is 15.2. The lowest BCUT2D eigenvalue weighted by Gasteiger charge is -2.49. The average Bonchev–Trinajstić information content (AvgIpc) is 2.72. The SMILES string of the molecule is CCCCC/C=C/CCCCCC[N+](C(CC)C(=O)O)(C(CC)C(=O)O)C(CC)C(=O)O. The van der Waals surface area contributed by atoms with Crippen molar-refractivity contribution >= 4 is 17.9 Å². The molecule has 0 amide bonds. The van der Waals surface area contributed by atoms with Crippen molar-refractivity contribution < 1.29 is 34.2 Å². The van der Waals surface area contributed by atoms with Gasteiger partial charge in [0.2, 0.25) is 0 Å². The zero-order valence-corrected chi connectivity index (χ0v) is 20.6. The fourth-order valence-corrected chi connectivity index (χ4v) is 5.03. The third-order valence-electron chi connectivity index (χ3n) is 6.56. The largest absolute Gasteiger partial charge is 0.477 e. The van der Waals surface area contributed by atoms with Gasteiger partial charge in [-0.25, -0.2) is 14.4 Å². The van der Waals surface area contributed by atoms with Crippen molar-refractivity contribution in [1.29, 1.82) is 0 Å². The van der Waals surface area contributed by atoms with Gasteiger partial charge in [-0.2, -0.15) is 0 Å². The number of nitrogens with zero attached hydrogens (tertiary/aromatic N) is 1. The van der Waals surface area contributed by atoms with Crippen LogP contribution in [0.15, 0.2) is 12.2 Å². The third kappa shape index (κ3) is 8.93. The molecule has 0 rings (SSSR count). The highest BCUT2D eigenvalue weighted by molar-refractivity contribution is 5.78. The summed E-state index contributed by atoms with van der Waals surface area (Å²) >= 11 is 0. The van der Waals surface area contributed by atoms with Crippen LogP contribution < -0.4 is 0 Å². The number of rotatable bonds is 20. The zero-order chi connectivity index (χ0) is 24.6. The summed E-state index contributed by atoms with van der Waals surface area (Å²) in [5.41, 5.74) is 0. The minimum atomic E-state index is -1.12. The van der Waals surface area contributed by atoms with Crippen LogP contribution in [0.2, 0.25) is 0 Å². The number of allylic oxidation sites excluding steroid dienone is 2. The van der Waals surface area contributed by atoms with Crippen molar-refractivity contribution in [2.75, 3.05) is 6.54 Å². The lowest BCUT2D eigenvalue weighted by Crippen LogP contribution is -2.72. The Morgan fingerprint density at radius 3 is 1.34 bits per heavy atom. The molecule has 0 aliphatic carbocycles. The quantitative estimate of drug-likeness (QED) is 0.127. The third-order valence-corrected chi connectivity index (χ3v) is 6.56. The Labute approximate surface area is 194 Å². The summed E-state index contributed by atoms with van der Waals surface area (Å²) in [7, 11) is 0. The number of hydrogen-bond acceptors (Lipinski definition) is 3. The van der Waals surface area contributed by atoms with Gasteiger partial charge >= 0.3 is 17.9 Å². The molecule has 3 atom stereocenters. The summed E-state index contributed by atoms with van der Waals surface area (Å²) in [6.45, 7) is 7.52. The van der Waals surface area contributed by atoms with Crippen LogP contribution >= 0.6 is 0 Å². The van der Waals surface area contributed by atoms with E-state index in [1.165, 1.54) is 19.3 Å². The van der Waals surface area contributed by atoms with Gasteiger partial charge in [0.1, 0.15) is 0 Å². The lowest BCUT2D eigenvalue weighted by atomic mass is 9.94. The van der Waals surface area contributed by atoms with E-state index in [1.807, 2.05) is 0 Å². The van der Waals surface area contributed by atoms with Crippen molar-refractivity contribution in [3.8, 4) is 0 Å². The van der Waals surface area contributed by atoms with Gasteiger partial charge < -0.3 is 15.3 Å². The second kappa shape index (κ2) is 16.7. The predicted octanol–water partition coefficient (Wildman–Crippen LogP) is 5.48. The number of hydrogen-bond donors (Lipinski definition) is 3. The van der Waals surface area contributed by atoms with E-state index in [0.717, 1.165) is 32.1 Å². The van der Waals surface area contributed by atoms with Gasteiger partial charge in [0.15, 0.2) is 18.1 Å². The normalized spacial score (nSPS) is 16.4. The van der Waals surface area contributed by atoms with Gasteiger partial charge in [-0.1, -0.05) is 59.1 Å². The Morgan fingerprint density at radius 2 is 1.00 bits per heavy atom. The van der Waals surface area contributed by atoms with E-state index in [9.17, 15) is 29.7 Å². The van der Waals surface area contributed by atoms with Gasteiger partial charge in [-0.3, -0.25) is 4.48 Å². The average molecular weight is 457 g/mol. The highest BCUT2D eigenvalue weighted by atomic mass is 16.4. The zero-order valence-electron chi connectivity index (χ0n) is 20.6. The summed E-state index contributed by atoms with van der Waals surface area (Å²) < 4.78 is -0.416. The number of unbranched alkanes of at least 4 members (excludes halogenated alkanes) is 7. The molecular weight excluding hydrogens is 410 g/mol. The van der Waals surface area contributed by atoms with E-state index in [2.05, 4.69) is 19.1 Å². The molecule has 0 aliphatic heterocycles. The van der Waals surface area contributed by atoms with Gasteiger partial charge in [-0.15, -0.1) is 0 Å². The van der Waals surface area contributed by atoms with Crippen LogP contribution in [0.4, 0.5) is 0 Å². The molecular formula is C25H46NO6+. The standard InChI is InChI=1S/C25H45NO6/c1-5-9-10-11-12-13-14-15-16-17-18-19-26(20(6-2)23(27)28,21(7-3)24(29)30)22(8-4)25(31)32/h12-13,20-22H,5-11,14-19H2,1-4H3,(H2-,27,28,29,30,31,32)/p+1/b13-12+. The Balaban J connectivity index is 5.38. The second-order valence-electron chi connectivity index (χ2n) is 8.68. The molecule has 3 N–H and O–H groups in total. The first-order valence-corrected chi connectivity index (χ1v) is 12.4. The Kier molecular flexibility index (Phi) is 15.7. The topological polar surface area (TPSA) is 112 Å². The number of quaternary nitrogens is 1. The van der Waals surface area contributed by atoms with Gasteiger partial charge in [-0.05, 0) is 38.5 Å². The maximum Gasteiger partial charge on any atom is 0.362 e. The first-order valence-electron chi connectivity index (χ1n) is 12.4. The molecule has 0 aliphatic rings. The van der Waals surface area contributed by atoms with E-state index in [1.54, 1.807) is 20.8 Å². The van der Waals surface area contributed by atoms with Crippen LogP contribution in [0, 0.1) is 0 Å². The highest BCUT2D eigenvalue weighted by Crippen LogP contribution is 2.32. The van der Waals surface area contributed by atoms with Crippen LogP contribution in [0.3, 0.4) is 0 Å². The molecule has 3 unspecified atom stereocenters. The van der Waals surface area contributed by atoms with Crippen LogP contribution in [0.5, 0.6) is 0 Å². The Bertz CT molecular complexity index is 534. The predicted molar refractivity (Wildman–Crippen MR) is 127 cm³/mol. The van der Waals surface area contributed by atoms with E-state index in [-0.39, 0.29) is 25.8 Å².